The molecule has 2 aromatic carbocycles. The number of carbonyl (C=O) groups is 2. The summed E-state index contributed by atoms with van der Waals surface area (Å²) in [6.45, 7) is 4.05. The number of carboxylic acid groups (broad SMARTS) is 1. The van der Waals surface area contributed by atoms with E-state index in [4.69, 9.17) is 14.6 Å². The standard InChI is InChI=1S/C22H25NO5/c1-2-27-19-6-3-4-7-20(19)28-13-5-8-21(24)23-12-11-16-9-10-17(22(25)26)14-18(16)15-23/h3-4,6-7,9-10,14H,2,5,8,11-13,15H2,1H3,(H,25,26). The number of carboxylic acids is 1. The second-order valence-corrected chi connectivity index (χ2v) is 6.69. The lowest BCUT2D eigenvalue weighted by molar-refractivity contribution is -0.132. The van der Waals surface area contributed by atoms with Gasteiger partial charge in [0.05, 0.1) is 18.8 Å². The van der Waals surface area contributed by atoms with E-state index < -0.39 is 5.97 Å². The van der Waals surface area contributed by atoms with Gasteiger partial charge in [0, 0.05) is 19.5 Å². The van der Waals surface area contributed by atoms with Crippen molar-refractivity contribution in [1.82, 2.24) is 4.90 Å². The van der Waals surface area contributed by atoms with Crippen molar-refractivity contribution in [1.29, 1.82) is 0 Å². The van der Waals surface area contributed by atoms with E-state index in [0.29, 0.717) is 50.6 Å². The number of hydrogen-bond acceptors (Lipinski definition) is 4. The van der Waals surface area contributed by atoms with Crippen molar-refractivity contribution >= 4 is 11.9 Å². The molecule has 0 atom stereocenters. The molecule has 1 N–H and O–H groups in total. The maximum absolute atomic E-state index is 12.5. The highest BCUT2D eigenvalue weighted by atomic mass is 16.5. The van der Waals surface area contributed by atoms with Crippen LogP contribution in [0.4, 0.5) is 0 Å². The topological polar surface area (TPSA) is 76.1 Å². The zero-order chi connectivity index (χ0) is 19.9. The van der Waals surface area contributed by atoms with Crippen LogP contribution in [0.3, 0.4) is 0 Å². The molecule has 1 amide bonds. The number of ether oxygens (including phenoxy) is 2. The molecule has 1 aliphatic heterocycles. The third-order valence-corrected chi connectivity index (χ3v) is 4.76. The predicted molar refractivity (Wildman–Crippen MR) is 105 cm³/mol. The summed E-state index contributed by atoms with van der Waals surface area (Å²) in [6, 6.07) is 12.6. The number of para-hydroxylation sites is 2. The SMILES string of the molecule is CCOc1ccccc1OCCCC(=O)N1CCc2ccc(C(=O)O)cc2C1. The number of carbonyl (C=O) groups excluding carboxylic acids is 1. The molecule has 3 rings (SSSR count). The lowest BCUT2D eigenvalue weighted by Crippen LogP contribution is -2.36. The van der Waals surface area contributed by atoms with Crippen LogP contribution >= 0.6 is 0 Å². The summed E-state index contributed by atoms with van der Waals surface area (Å²) < 4.78 is 11.3. The van der Waals surface area contributed by atoms with E-state index in [9.17, 15) is 9.59 Å². The largest absolute Gasteiger partial charge is 0.490 e. The van der Waals surface area contributed by atoms with Crippen LogP contribution in [0.25, 0.3) is 0 Å². The van der Waals surface area contributed by atoms with Crippen LogP contribution in [0.1, 0.15) is 41.3 Å². The number of nitrogens with zero attached hydrogens (tertiary/aromatic N) is 1. The quantitative estimate of drug-likeness (QED) is 0.706. The van der Waals surface area contributed by atoms with E-state index in [1.807, 2.05) is 37.3 Å². The zero-order valence-electron chi connectivity index (χ0n) is 16.0. The number of hydrogen-bond donors (Lipinski definition) is 1. The lowest BCUT2D eigenvalue weighted by Gasteiger charge is -2.29. The first-order chi connectivity index (χ1) is 13.6. The van der Waals surface area contributed by atoms with Crippen molar-refractivity contribution in [3.05, 3.63) is 59.2 Å². The fourth-order valence-corrected chi connectivity index (χ4v) is 3.31. The van der Waals surface area contributed by atoms with E-state index in [1.165, 1.54) is 0 Å². The number of amides is 1. The summed E-state index contributed by atoms with van der Waals surface area (Å²) in [5, 5.41) is 9.15. The summed E-state index contributed by atoms with van der Waals surface area (Å²) in [5.41, 5.74) is 2.29. The molecule has 0 saturated carbocycles. The smallest absolute Gasteiger partial charge is 0.335 e. The van der Waals surface area contributed by atoms with Crippen LogP contribution in [0.5, 0.6) is 11.5 Å². The van der Waals surface area contributed by atoms with E-state index in [1.54, 1.807) is 17.0 Å². The second-order valence-electron chi connectivity index (χ2n) is 6.69. The Labute approximate surface area is 164 Å². The van der Waals surface area contributed by atoms with Gasteiger partial charge in [0.1, 0.15) is 0 Å². The molecule has 0 aliphatic carbocycles. The minimum Gasteiger partial charge on any atom is -0.490 e. The Morgan fingerprint density at radius 3 is 2.54 bits per heavy atom. The lowest BCUT2D eigenvalue weighted by atomic mass is 9.97. The number of benzene rings is 2. The molecule has 2 aromatic rings. The molecule has 0 saturated heterocycles. The van der Waals surface area contributed by atoms with Gasteiger partial charge in [-0.25, -0.2) is 4.79 Å². The summed E-state index contributed by atoms with van der Waals surface area (Å²) >= 11 is 0. The molecule has 6 nitrogen and oxygen atoms in total. The average Bonchev–Trinajstić information content (AvgIpc) is 2.71. The zero-order valence-corrected chi connectivity index (χ0v) is 16.0. The Balaban J connectivity index is 1.49. The Morgan fingerprint density at radius 1 is 1.07 bits per heavy atom. The van der Waals surface area contributed by atoms with E-state index in [-0.39, 0.29) is 11.5 Å². The van der Waals surface area contributed by atoms with Crippen LogP contribution in [-0.4, -0.2) is 41.6 Å². The summed E-state index contributed by atoms with van der Waals surface area (Å²) in [6.07, 6.45) is 1.75. The fraction of sp³-hybridized carbons (Fsp3) is 0.364. The van der Waals surface area contributed by atoms with E-state index in [2.05, 4.69) is 0 Å². The van der Waals surface area contributed by atoms with Crippen molar-refractivity contribution in [3.8, 4) is 11.5 Å². The molecule has 6 heteroatoms. The number of rotatable bonds is 8. The van der Waals surface area contributed by atoms with Gasteiger partial charge in [-0.3, -0.25) is 4.79 Å². The first-order valence-electron chi connectivity index (χ1n) is 9.56. The van der Waals surface area contributed by atoms with Crippen LogP contribution in [0.2, 0.25) is 0 Å². The highest BCUT2D eigenvalue weighted by Crippen LogP contribution is 2.26. The van der Waals surface area contributed by atoms with Gasteiger partial charge in [-0.05, 0) is 55.2 Å². The molecule has 0 spiro atoms. The molecule has 0 fully saturated rings. The monoisotopic (exact) mass is 383 g/mol. The van der Waals surface area contributed by atoms with Gasteiger partial charge in [0.2, 0.25) is 5.91 Å². The molecule has 0 bridgehead atoms. The van der Waals surface area contributed by atoms with Gasteiger partial charge in [-0.1, -0.05) is 18.2 Å². The van der Waals surface area contributed by atoms with Crippen LogP contribution in [0.15, 0.2) is 42.5 Å². The maximum Gasteiger partial charge on any atom is 0.335 e. The van der Waals surface area contributed by atoms with Crippen molar-refractivity contribution in [2.45, 2.75) is 32.7 Å². The van der Waals surface area contributed by atoms with Gasteiger partial charge in [-0.2, -0.15) is 0 Å². The Morgan fingerprint density at radius 2 is 1.82 bits per heavy atom. The predicted octanol–water partition coefficient (Wildman–Crippen LogP) is 3.53. The molecule has 0 aromatic heterocycles. The van der Waals surface area contributed by atoms with E-state index >= 15 is 0 Å². The summed E-state index contributed by atoms with van der Waals surface area (Å²) in [5.74, 6) is 0.506. The average molecular weight is 383 g/mol. The fourth-order valence-electron chi connectivity index (χ4n) is 3.31. The molecule has 1 heterocycles. The summed E-state index contributed by atoms with van der Waals surface area (Å²) in [4.78, 5) is 25.5. The Bertz CT molecular complexity index is 849. The Kier molecular flexibility index (Phi) is 6.53. The first-order valence-corrected chi connectivity index (χ1v) is 9.56. The minimum atomic E-state index is -0.948. The maximum atomic E-state index is 12.5. The Hall–Kier alpha value is -3.02. The first kappa shape index (κ1) is 19.7. The van der Waals surface area contributed by atoms with Crippen molar-refractivity contribution in [3.63, 3.8) is 0 Å². The van der Waals surface area contributed by atoms with E-state index in [0.717, 1.165) is 17.5 Å². The molecule has 0 radical (unpaired) electrons. The van der Waals surface area contributed by atoms with Gasteiger partial charge < -0.3 is 19.5 Å². The number of aromatic carboxylic acids is 1. The van der Waals surface area contributed by atoms with Crippen molar-refractivity contribution in [2.24, 2.45) is 0 Å². The van der Waals surface area contributed by atoms with Gasteiger partial charge >= 0.3 is 5.97 Å². The van der Waals surface area contributed by atoms with Gasteiger partial charge in [-0.15, -0.1) is 0 Å². The third-order valence-electron chi connectivity index (χ3n) is 4.76. The molecular weight excluding hydrogens is 358 g/mol. The van der Waals surface area contributed by atoms with Crippen LogP contribution < -0.4 is 9.47 Å². The van der Waals surface area contributed by atoms with Crippen LogP contribution in [0, 0.1) is 0 Å². The van der Waals surface area contributed by atoms with Crippen LogP contribution in [-0.2, 0) is 17.8 Å². The molecule has 0 unspecified atom stereocenters. The molecular formula is C22H25NO5. The van der Waals surface area contributed by atoms with Crippen molar-refractivity contribution in [2.75, 3.05) is 19.8 Å². The van der Waals surface area contributed by atoms with Gasteiger partial charge in [0.25, 0.3) is 0 Å². The second kappa shape index (κ2) is 9.26. The normalized spacial score (nSPS) is 13.0. The third kappa shape index (κ3) is 4.82. The highest BCUT2D eigenvalue weighted by Gasteiger charge is 2.21. The molecule has 1 aliphatic rings. The highest BCUT2D eigenvalue weighted by molar-refractivity contribution is 5.88. The number of fused-ring (bicyclic) bond motifs is 1. The summed E-state index contributed by atoms with van der Waals surface area (Å²) in [7, 11) is 0. The van der Waals surface area contributed by atoms with Crippen molar-refractivity contribution < 1.29 is 24.2 Å². The minimum absolute atomic E-state index is 0.0630. The van der Waals surface area contributed by atoms with Gasteiger partial charge in [0.15, 0.2) is 11.5 Å². The molecule has 148 valence electrons. The molecule has 28 heavy (non-hydrogen) atoms.